The van der Waals surface area contributed by atoms with Crippen LogP contribution in [0.2, 0.25) is 0 Å². The number of oxime groups is 1. The molecule has 0 aromatic heterocycles. The molecule has 116 valence electrons. The van der Waals surface area contributed by atoms with E-state index in [1.807, 2.05) is 12.1 Å². The summed E-state index contributed by atoms with van der Waals surface area (Å²) in [4.78, 5) is 16.1. The third-order valence-electron chi connectivity index (χ3n) is 2.88. The van der Waals surface area contributed by atoms with Crippen LogP contribution in [0.4, 0.5) is 4.79 Å². The van der Waals surface area contributed by atoms with Crippen LogP contribution in [0.5, 0.6) is 5.75 Å². The van der Waals surface area contributed by atoms with E-state index in [9.17, 15) is 4.79 Å². The highest BCUT2D eigenvalue weighted by atomic mass is 16.8. The fourth-order valence-corrected chi connectivity index (χ4v) is 1.71. The number of nitrogens with zero attached hydrogens (tertiary/aromatic N) is 2. The number of carbonyl (C=O) groups excluding carboxylic acids is 1. The zero-order valence-electron chi connectivity index (χ0n) is 12.4. The highest BCUT2D eigenvalue weighted by Gasteiger charge is 2.07. The number of benzene rings is 2. The summed E-state index contributed by atoms with van der Waals surface area (Å²) in [6, 6.07) is 17.6. The lowest BCUT2D eigenvalue weighted by atomic mass is 10.1. The first-order valence-corrected chi connectivity index (χ1v) is 6.73. The van der Waals surface area contributed by atoms with Gasteiger partial charge >= 0.3 is 6.16 Å². The number of rotatable bonds is 5. The molecule has 0 aliphatic rings. The summed E-state index contributed by atoms with van der Waals surface area (Å²) in [7, 11) is 1.57. The number of carbonyl (C=O) groups is 1. The Hall–Kier alpha value is -3.33. The summed E-state index contributed by atoms with van der Waals surface area (Å²) in [5.41, 5.74) is 1.32. The molecule has 0 saturated heterocycles. The highest BCUT2D eigenvalue weighted by molar-refractivity contribution is 6.11. The van der Waals surface area contributed by atoms with E-state index in [0.717, 1.165) is 5.56 Å². The fraction of sp³-hybridized carbons (Fsp3) is 0.118. The van der Waals surface area contributed by atoms with Crippen molar-refractivity contribution in [3.63, 3.8) is 0 Å². The molecule has 6 heteroatoms. The number of hydrogen-bond donors (Lipinski definition) is 0. The van der Waals surface area contributed by atoms with E-state index in [4.69, 9.17) is 14.7 Å². The van der Waals surface area contributed by atoms with Gasteiger partial charge in [-0.1, -0.05) is 47.6 Å². The van der Waals surface area contributed by atoms with Gasteiger partial charge in [0, 0.05) is 5.56 Å². The summed E-state index contributed by atoms with van der Waals surface area (Å²) in [5, 5.41) is 12.5. The topological polar surface area (TPSA) is 80.9 Å². The Balaban J connectivity index is 1.89. The maximum Gasteiger partial charge on any atom is 0.535 e. The van der Waals surface area contributed by atoms with Crippen LogP contribution in [0.15, 0.2) is 59.8 Å². The molecule has 2 rings (SSSR count). The molecule has 2 aromatic rings. The predicted molar refractivity (Wildman–Crippen MR) is 82.9 cm³/mol. The maximum atomic E-state index is 11.5. The Bertz CT molecular complexity index is 719. The molecular weight excluding hydrogens is 296 g/mol. The first-order chi connectivity index (χ1) is 11.2. The lowest BCUT2D eigenvalue weighted by molar-refractivity contribution is 0.0521. The van der Waals surface area contributed by atoms with E-state index >= 15 is 0 Å². The van der Waals surface area contributed by atoms with Crippen LogP contribution < -0.4 is 4.74 Å². The average molecular weight is 310 g/mol. The molecule has 0 bridgehead atoms. The number of nitriles is 1. The minimum absolute atomic E-state index is 0.00741. The van der Waals surface area contributed by atoms with Gasteiger partial charge in [0.05, 0.1) is 7.11 Å². The predicted octanol–water partition coefficient (Wildman–Crippen LogP) is 3.28. The quantitative estimate of drug-likeness (QED) is 0.366. The van der Waals surface area contributed by atoms with Crippen molar-refractivity contribution in [3.8, 4) is 11.8 Å². The highest BCUT2D eigenvalue weighted by Crippen LogP contribution is 2.12. The van der Waals surface area contributed by atoms with E-state index in [-0.39, 0.29) is 12.3 Å². The van der Waals surface area contributed by atoms with Crippen LogP contribution in [-0.4, -0.2) is 19.0 Å². The lowest BCUT2D eigenvalue weighted by Gasteiger charge is -2.04. The number of methoxy groups -OCH3 is 1. The van der Waals surface area contributed by atoms with E-state index in [1.165, 1.54) is 0 Å². The standard InChI is InChI=1S/C17H14N2O4/c1-21-15-9-7-13(8-10-15)12-22-17(20)23-19-16(11-18)14-5-3-2-4-6-14/h2-10H,12H2,1H3/b19-16+. The molecule has 0 N–H and O–H groups in total. The Morgan fingerprint density at radius 3 is 2.43 bits per heavy atom. The van der Waals surface area contributed by atoms with Gasteiger partial charge in [-0.3, -0.25) is 4.84 Å². The van der Waals surface area contributed by atoms with Gasteiger partial charge < -0.3 is 9.47 Å². The number of hydrogen-bond acceptors (Lipinski definition) is 6. The molecule has 2 aromatic carbocycles. The molecule has 0 fully saturated rings. The second-order valence-electron chi connectivity index (χ2n) is 4.40. The van der Waals surface area contributed by atoms with Crippen molar-refractivity contribution in [3.05, 3.63) is 65.7 Å². The van der Waals surface area contributed by atoms with Gasteiger partial charge in [-0.15, -0.1) is 0 Å². The molecule has 23 heavy (non-hydrogen) atoms. The van der Waals surface area contributed by atoms with Crippen molar-refractivity contribution in [2.45, 2.75) is 6.61 Å². The van der Waals surface area contributed by atoms with Gasteiger partial charge in [0.15, 0.2) is 5.71 Å². The second kappa shape index (κ2) is 8.20. The van der Waals surface area contributed by atoms with Gasteiger partial charge in [-0.25, -0.2) is 4.79 Å². The first kappa shape index (κ1) is 16.0. The van der Waals surface area contributed by atoms with Crippen LogP contribution in [0.25, 0.3) is 0 Å². The first-order valence-electron chi connectivity index (χ1n) is 6.73. The minimum Gasteiger partial charge on any atom is -0.497 e. The van der Waals surface area contributed by atoms with Crippen LogP contribution in [0.3, 0.4) is 0 Å². The van der Waals surface area contributed by atoms with Crippen LogP contribution in [0.1, 0.15) is 11.1 Å². The normalized spacial score (nSPS) is 10.5. The van der Waals surface area contributed by atoms with Crippen LogP contribution >= 0.6 is 0 Å². The van der Waals surface area contributed by atoms with Crippen molar-refractivity contribution in [1.29, 1.82) is 5.26 Å². The summed E-state index contributed by atoms with van der Waals surface area (Å²) >= 11 is 0. The number of ether oxygens (including phenoxy) is 2. The maximum absolute atomic E-state index is 11.5. The molecule has 0 atom stereocenters. The lowest BCUT2D eigenvalue weighted by Crippen LogP contribution is -2.06. The van der Waals surface area contributed by atoms with E-state index in [2.05, 4.69) is 9.99 Å². The zero-order chi connectivity index (χ0) is 16.5. The van der Waals surface area contributed by atoms with Gasteiger partial charge in [0.25, 0.3) is 0 Å². The summed E-state index contributed by atoms with van der Waals surface area (Å²) in [6.45, 7) is 0.0333. The summed E-state index contributed by atoms with van der Waals surface area (Å²) in [5.74, 6) is 0.711. The van der Waals surface area contributed by atoms with Gasteiger partial charge in [0.2, 0.25) is 0 Å². The SMILES string of the molecule is COc1ccc(COC(=O)O/N=C(\C#N)c2ccccc2)cc1. The van der Waals surface area contributed by atoms with E-state index in [1.54, 1.807) is 55.6 Å². The van der Waals surface area contributed by atoms with Crippen molar-refractivity contribution in [2.24, 2.45) is 5.16 Å². The molecule has 0 aliphatic heterocycles. The second-order valence-corrected chi connectivity index (χ2v) is 4.40. The summed E-state index contributed by atoms with van der Waals surface area (Å²) < 4.78 is 9.95. The van der Waals surface area contributed by atoms with Crippen molar-refractivity contribution in [1.82, 2.24) is 0 Å². The molecule has 0 spiro atoms. The molecule has 0 aliphatic carbocycles. The van der Waals surface area contributed by atoms with Gasteiger partial charge in [-0.2, -0.15) is 5.26 Å². The molecule has 0 amide bonds. The summed E-state index contributed by atoms with van der Waals surface area (Å²) in [6.07, 6.45) is -0.982. The van der Waals surface area contributed by atoms with Crippen molar-refractivity contribution < 1.29 is 19.1 Å². The fourth-order valence-electron chi connectivity index (χ4n) is 1.71. The monoisotopic (exact) mass is 310 g/mol. The van der Waals surface area contributed by atoms with Crippen LogP contribution in [0, 0.1) is 11.3 Å². The zero-order valence-corrected chi connectivity index (χ0v) is 12.4. The molecular formula is C17H14N2O4. The minimum atomic E-state index is -0.982. The smallest absolute Gasteiger partial charge is 0.497 e. The Morgan fingerprint density at radius 2 is 1.83 bits per heavy atom. The molecule has 0 unspecified atom stereocenters. The van der Waals surface area contributed by atoms with Crippen molar-refractivity contribution >= 4 is 11.9 Å². The molecule has 0 saturated carbocycles. The molecule has 0 radical (unpaired) electrons. The Labute approximate surface area is 133 Å². The molecule has 0 heterocycles. The third-order valence-corrected chi connectivity index (χ3v) is 2.88. The van der Waals surface area contributed by atoms with Gasteiger partial charge in [0.1, 0.15) is 18.4 Å². The van der Waals surface area contributed by atoms with Crippen LogP contribution in [-0.2, 0) is 16.2 Å². The van der Waals surface area contributed by atoms with Gasteiger partial charge in [-0.05, 0) is 17.7 Å². The largest absolute Gasteiger partial charge is 0.535 e. The Morgan fingerprint density at radius 1 is 1.13 bits per heavy atom. The third kappa shape index (κ3) is 4.86. The van der Waals surface area contributed by atoms with E-state index < -0.39 is 6.16 Å². The molecule has 6 nitrogen and oxygen atoms in total. The Kier molecular flexibility index (Phi) is 5.72. The average Bonchev–Trinajstić information content (AvgIpc) is 2.62. The van der Waals surface area contributed by atoms with Crippen molar-refractivity contribution in [2.75, 3.05) is 7.11 Å². The van der Waals surface area contributed by atoms with E-state index in [0.29, 0.717) is 11.3 Å².